The van der Waals surface area contributed by atoms with Crippen LogP contribution in [-0.2, 0) is 15.1 Å². The predicted octanol–water partition coefficient (Wildman–Crippen LogP) is 2.83. The molecule has 2 aliphatic heterocycles. The van der Waals surface area contributed by atoms with Crippen LogP contribution in [-0.4, -0.2) is 63.9 Å². The Hall–Kier alpha value is -1.80. The van der Waals surface area contributed by atoms with Gasteiger partial charge in [0.15, 0.2) is 5.82 Å². The zero-order valence-corrected chi connectivity index (χ0v) is 19.0. The van der Waals surface area contributed by atoms with Gasteiger partial charge in [-0.15, -0.1) is 5.10 Å². The number of nitrogens with one attached hydrogen (secondary N) is 1. The highest BCUT2D eigenvalue weighted by molar-refractivity contribution is 5.87. The van der Waals surface area contributed by atoms with E-state index in [1.165, 1.54) is 25.3 Å². The van der Waals surface area contributed by atoms with E-state index in [1.54, 1.807) is 0 Å². The van der Waals surface area contributed by atoms with Gasteiger partial charge in [0, 0.05) is 26.3 Å². The number of likely N-dealkylation sites (tertiary alicyclic amines) is 1. The Bertz CT molecular complexity index is 732. The molecule has 0 radical (unpaired) electrons. The van der Waals surface area contributed by atoms with E-state index in [1.807, 2.05) is 4.90 Å². The lowest BCUT2D eigenvalue weighted by Gasteiger charge is -2.42. The molecule has 1 saturated carbocycles. The molecular weight excluding hydrogens is 392 g/mol. The van der Waals surface area contributed by atoms with Gasteiger partial charge >= 0.3 is 0 Å². The van der Waals surface area contributed by atoms with Gasteiger partial charge in [-0.1, -0.05) is 25.8 Å². The average molecular weight is 431 g/mol. The van der Waals surface area contributed by atoms with Crippen LogP contribution in [0.4, 0.5) is 0 Å². The van der Waals surface area contributed by atoms with Crippen LogP contribution in [0.3, 0.4) is 0 Å². The number of piperidine rings is 1. The average Bonchev–Trinajstić information content (AvgIpc) is 3.34. The van der Waals surface area contributed by atoms with Gasteiger partial charge < -0.3 is 15.0 Å². The van der Waals surface area contributed by atoms with Crippen LogP contribution in [0.1, 0.15) is 76.6 Å². The van der Waals surface area contributed by atoms with Gasteiger partial charge in [0.05, 0.1) is 11.6 Å². The Labute approximate surface area is 185 Å². The van der Waals surface area contributed by atoms with Crippen LogP contribution >= 0.6 is 0 Å². The fraction of sp³-hybridized carbons (Fsp3) is 0.826. The van der Waals surface area contributed by atoms with Crippen molar-refractivity contribution in [2.45, 2.75) is 76.3 Å². The summed E-state index contributed by atoms with van der Waals surface area (Å²) in [6.07, 6.45) is 11.7. The summed E-state index contributed by atoms with van der Waals surface area (Å²) in [6.45, 7) is 10.1. The standard InChI is InChI=1S/C23H38N6O2/c1-3-21(30)28-13-9-18(10-14-28)17-24-23(2,19-11-15-31-16-12-19)22-25-26-27-29(22)20-7-5-4-6-8-20/h3,18-20,24H,1,4-17H2,2H3. The number of tetrazole rings is 1. The molecule has 0 spiro atoms. The van der Waals surface area contributed by atoms with Crippen LogP contribution in [0.15, 0.2) is 12.7 Å². The molecule has 1 aromatic heterocycles. The second-order valence-corrected chi connectivity index (χ2v) is 9.68. The van der Waals surface area contributed by atoms with Gasteiger partial charge in [-0.05, 0) is 80.3 Å². The van der Waals surface area contributed by atoms with Gasteiger partial charge in [0.25, 0.3) is 0 Å². The molecular formula is C23H38N6O2. The SMILES string of the molecule is C=CC(=O)N1CCC(CNC(C)(c2nnnn2C2CCCCC2)C2CCOCC2)CC1. The lowest BCUT2D eigenvalue weighted by Crippen LogP contribution is -2.52. The molecule has 1 amide bonds. The molecule has 1 aliphatic carbocycles. The number of hydrogen-bond donors (Lipinski definition) is 1. The summed E-state index contributed by atoms with van der Waals surface area (Å²) >= 11 is 0. The van der Waals surface area contributed by atoms with E-state index >= 15 is 0 Å². The predicted molar refractivity (Wildman–Crippen MR) is 118 cm³/mol. The summed E-state index contributed by atoms with van der Waals surface area (Å²) in [5.41, 5.74) is -0.279. The van der Waals surface area contributed by atoms with E-state index < -0.39 is 0 Å². The number of ether oxygens (including phenoxy) is 1. The van der Waals surface area contributed by atoms with Crippen LogP contribution in [0, 0.1) is 11.8 Å². The third kappa shape index (κ3) is 5.00. The Kier molecular flexibility index (Phi) is 7.38. The molecule has 1 atom stereocenters. The Morgan fingerprint density at radius 2 is 1.87 bits per heavy atom. The highest BCUT2D eigenvalue weighted by atomic mass is 16.5. The van der Waals surface area contributed by atoms with E-state index in [0.717, 1.165) is 77.2 Å². The molecule has 2 saturated heterocycles. The molecule has 1 N–H and O–H groups in total. The molecule has 31 heavy (non-hydrogen) atoms. The molecule has 1 unspecified atom stereocenters. The zero-order chi connectivity index (χ0) is 21.7. The van der Waals surface area contributed by atoms with Crippen molar-refractivity contribution in [3.05, 3.63) is 18.5 Å². The molecule has 1 aromatic rings. The first-order valence-electron chi connectivity index (χ1n) is 12.1. The lowest BCUT2D eigenvalue weighted by atomic mass is 9.78. The van der Waals surface area contributed by atoms with Crippen LogP contribution in [0.2, 0.25) is 0 Å². The fourth-order valence-electron chi connectivity index (χ4n) is 5.63. The third-order valence-corrected chi connectivity index (χ3v) is 7.77. The van der Waals surface area contributed by atoms with Crippen molar-refractivity contribution in [3.63, 3.8) is 0 Å². The molecule has 8 nitrogen and oxygen atoms in total. The summed E-state index contributed by atoms with van der Waals surface area (Å²) in [5.74, 6) is 2.03. The second kappa shape index (κ2) is 10.2. The van der Waals surface area contributed by atoms with E-state index in [9.17, 15) is 4.79 Å². The zero-order valence-electron chi connectivity index (χ0n) is 19.0. The third-order valence-electron chi connectivity index (χ3n) is 7.77. The number of nitrogens with zero attached hydrogens (tertiary/aromatic N) is 5. The number of hydrogen-bond acceptors (Lipinski definition) is 6. The molecule has 3 heterocycles. The number of carbonyl (C=O) groups excluding carboxylic acids is 1. The van der Waals surface area contributed by atoms with E-state index in [0.29, 0.717) is 17.9 Å². The van der Waals surface area contributed by atoms with Gasteiger partial charge in [0.1, 0.15) is 0 Å². The number of rotatable bonds is 7. The first-order chi connectivity index (χ1) is 15.1. The molecule has 0 bridgehead atoms. The van der Waals surface area contributed by atoms with Gasteiger partial charge in [-0.2, -0.15) is 0 Å². The summed E-state index contributed by atoms with van der Waals surface area (Å²) in [5, 5.41) is 17.1. The Morgan fingerprint density at radius 3 is 2.55 bits per heavy atom. The van der Waals surface area contributed by atoms with E-state index in [2.05, 4.69) is 39.0 Å². The van der Waals surface area contributed by atoms with Crippen LogP contribution in [0.25, 0.3) is 0 Å². The van der Waals surface area contributed by atoms with Crippen molar-refractivity contribution >= 4 is 5.91 Å². The summed E-state index contributed by atoms with van der Waals surface area (Å²) in [6, 6.07) is 0.410. The molecule has 8 heteroatoms. The number of amides is 1. The minimum atomic E-state index is -0.279. The largest absolute Gasteiger partial charge is 0.381 e. The second-order valence-electron chi connectivity index (χ2n) is 9.68. The summed E-state index contributed by atoms with van der Waals surface area (Å²) in [7, 11) is 0. The van der Waals surface area contributed by atoms with Gasteiger partial charge in [-0.3, -0.25) is 4.79 Å². The first-order valence-corrected chi connectivity index (χ1v) is 12.1. The maximum Gasteiger partial charge on any atom is 0.245 e. The maximum absolute atomic E-state index is 11.9. The van der Waals surface area contributed by atoms with Gasteiger partial charge in [0.2, 0.25) is 5.91 Å². The van der Waals surface area contributed by atoms with Crippen LogP contribution < -0.4 is 5.32 Å². The van der Waals surface area contributed by atoms with Crippen molar-refractivity contribution in [3.8, 4) is 0 Å². The fourth-order valence-corrected chi connectivity index (χ4v) is 5.63. The van der Waals surface area contributed by atoms with Crippen LogP contribution in [0.5, 0.6) is 0 Å². The summed E-state index contributed by atoms with van der Waals surface area (Å²) < 4.78 is 7.80. The lowest BCUT2D eigenvalue weighted by molar-refractivity contribution is -0.127. The first kappa shape index (κ1) is 22.4. The normalized spacial score (nSPS) is 24.1. The smallest absolute Gasteiger partial charge is 0.245 e. The number of aromatic nitrogens is 4. The molecule has 172 valence electrons. The van der Waals surface area contributed by atoms with Crippen molar-refractivity contribution < 1.29 is 9.53 Å². The minimum absolute atomic E-state index is 0.0464. The monoisotopic (exact) mass is 430 g/mol. The molecule has 0 aromatic carbocycles. The van der Waals surface area contributed by atoms with Crippen molar-refractivity contribution in [2.24, 2.45) is 11.8 Å². The quantitative estimate of drug-likeness (QED) is 0.670. The van der Waals surface area contributed by atoms with Gasteiger partial charge in [-0.25, -0.2) is 4.68 Å². The maximum atomic E-state index is 11.9. The van der Waals surface area contributed by atoms with Crippen molar-refractivity contribution in [1.82, 2.24) is 30.4 Å². The van der Waals surface area contributed by atoms with Crippen molar-refractivity contribution in [2.75, 3.05) is 32.8 Å². The van der Waals surface area contributed by atoms with E-state index in [4.69, 9.17) is 4.74 Å². The Morgan fingerprint density at radius 1 is 1.16 bits per heavy atom. The molecule has 3 aliphatic rings. The Balaban J connectivity index is 1.48. The summed E-state index contributed by atoms with van der Waals surface area (Å²) in [4.78, 5) is 13.8. The highest BCUT2D eigenvalue weighted by Gasteiger charge is 2.42. The molecule has 3 fully saturated rings. The van der Waals surface area contributed by atoms with Crippen molar-refractivity contribution in [1.29, 1.82) is 0 Å². The minimum Gasteiger partial charge on any atom is -0.381 e. The molecule has 4 rings (SSSR count). The highest BCUT2D eigenvalue weighted by Crippen LogP contribution is 2.38. The number of carbonyl (C=O) groups is 1. The topological polar surface area (TPSA) is 85.2 Å². The van der Waals surface area contributed by atoms with E-state index in [-0.39, 0.29) is 11.4 Å².